The van der Waals surface area contributed by atoms with Crippen molar-refractivity contribution in [2.24, 2.45) is 0 Å². The maximum Gasteiger partial charge on any atom is 0.488 e. The second-order valence-electron chi connectivity index (χ2n) is 3.22. The van der Waals surface area contributed by atoms with Crippen molar-refractivity contribution in [2.45, 2.75) is 6.92 Å². The fraction of sp³-hybridized carbons (Fsp3) is 0.100. The van der Waals surface area contributed by atoms with Gasteiger partial charge in [-0.25, -0.2) is 4.98 Å². The fourth-order valence-corrected chi connectivity index (χ4v) is 2.32. The SMILES string of the molecule is Br.Cc1nc(-c2ccccc2OS(=O)(=O)F)cs1. The van der Waals surface area contributed by atoms with Gasteiger partial charge in [0.15, 0.2) is 5.75 Å². The summed E-state index contributed by atoms with van der Waals surface area (Å²) in [5.41, 5.74) is 1.00. The van der Waals surface area contributed by atoms with E-state index < -0.39 is 10.5 Å². The maximum atomic E-state index is 12.5. The summed E-state index contributed by atoms with van der Waals surface area (Å²) in [6.07, 6.45) is 0. The van der Waals surface area contributed by atoms with Gasteiger partial charge >= 0.3 is 10.5 Å². The van der Waals surface area contributed by atoms with Gasteiger partial charge in [-0.3, -0.25) is 0 Å². The number of aryl methyl sites for hydroxylation is 1. The minimum Gasteiger partial charge on any atom is -0.358 e. The topological polar surface area (TPSA) is 56.3 Å². The lowest BCUT2D eigenvalue weighted by molar-refractivity contribution is 0.441. The van der Waals surface area contributed by atoms with E-state index in [1.54, 1.807) is 23.6 Å². The highest BCUT2D eigenvalue weighted by Crippen LogP contribution is 2.31. The highest BCUT2D eigenvalue weighted by atomic mass is 79.9. The lowest BCUT2D eigenvalue weighted by Crippen LogP contribution is -2.02. The number of halogens is 2. The largest absolute Gasteiger partial charge is 0.488 e. The van der Waals surface area contributed by atoms with Gasteiger partial charge in [0.2, 0.25) is 0 Å². The number of benzene rings is 1. The third kappa shape index (κ3) is 3.76. The van der Waals surface area contributed by atoms with Crippen molar-refractivity contribution in [3.8, 4) is 17.0 Å². The molecule has 0 bridgehead atoms. The summed E-state index contributed by atoms with van der Waals surface area (Å²) in [4.78, 5) is 4.19. The molecule has 98 valence electrons. The second-order valence-corrected chi connectivity index (χ2v) is 5.24. The number of hydrogen-bond donors (Lipinski definition) is 0. The minimum absolute atomic E-state index is 0. The van der Waals surface area contributed by atoms with E-state index in [2.05, 4.69) is 9.17 Å². The monoisotopic (exact) mass is 353 g/mol. The first-order valence-electron chi connectivity index (χ1n) is 4.61. The second kappa shape index (κ2) is 5.77. The van der Waals surface area contributed by atoms with Crippen LogP contribution in [0.4, 0.5) is 3.89 Å². The average molecular weight is 354 g/mol. The summed E-state index contributed by atoms with van der Waals surface area (Å²) in [5, 5.41) is 2.58. The molecule has 0 aliphatic carbocycles. The predicted octanol–water partition coefficient (Wildman–Crippen LogP) is 3.29. The van der Waals surface area contributed by atoms with Crippen LogP contribution in [0.2, 0.25) is 0 Å². The Labute approximate surface area is 119 Å². The Balaban J connectivity index is 0.00000162. The minimum atomic E-state index is -5.03. The van der Waals surface area contributed by atoms with Crippen molar-refractivity contribution >= 4 is 38.8 Å². The van der Waals surface area contributed by atoms with E-state index in [1.807, 2.05) is 6.92 Å². The van der Waals surface area contributed by atoms with Crippen molar-refractivity contribution < 1.29 is 16.5 Å². The fourth-order valence-electron chi connectivity index (χ4n) is 1.35. The highest BCUT2D eigenvalue weighted by Gasteiger charge is 2.15. The number of para-hydroxylation sites is 1. The molecular weight excluding hydrogens is 345 g/mol. The first kappa shape index (κ1) is 15.1. The zero-order valence-electron chi connectivity index (χ0n) is 9.16. The molecule has 0 atom stereocenters. The van der Waals surface area contributed by atoms with Crippen LogP contribution in [0.3, 0.4) is 0 Å². The molecule has 0 saturated heterocycles. The van der Waals surface area contributed by atoms with E-state index in [0.717, 1.165) is 5.01 Å². The lowest BCUT2D eigenvalue weighted by atomic mass is 10.1. The van der Waals surface area contributed by atoms with Crippen LogP contribution in [0.1, 0.15) is 5.01 Å². The van der Waals surface area contributed by atoms with Crippen LogP contribution in [0, 0.1) is 6.92 Å². The Morgan fingerprint density at radius 3 is 2.56 bits per heavy atom. The normalized spacial score (nSPS) is 10.8. The van der Waals surface area contributed by atoms with Gasteiger partial charge in [-0.2, -0.15) is 8.42 Å². The van der Waals surface area contributed by atoms with E-state index in [-0.39, 0.29) is 22.7 Å². The molecule has 0 saturated carbocycles. The molecule has 1 aromatic heterocycles. The van der Waals surface area contributed by atoms with Crippen molar-refractivity contribution in [1.29, 1.82) is 0 Å². The Morgan fingerprint density at radius 1 is 1.33 bits per heavy atom. The van der Waals surface area contributed by atoms with Crippen LogP contribution in [0.5, 0.6) is 5.75 Å². The third-order valence-electron chi connectivity index (χ3n) is 1.97. The molecule has 18 heavy (non-hydrogen) atoms. The van der Waals surface area contributed by atoms with Crippen LogP contribution in [0.25, 0.3) is 11.3 Å². The Bertz CT molecular complexity index is 642. The number of aromatic nitrogens is 1. The molecule has 4 nitrogen and oxygen atoms in total. The van der Waals surface area contributed by atoms with Crippen molar-refractivity contribution in [3.05, 3.63) is 34.7 Å². The molecule has 1 aromatic carbocycles. The summed E-state index contributed by atoms with van der Waals surface area (Å²) < 4.78 is 37.7. The summed E-state index contributed by atoms with van der Waals surface area (Å²) in [7, 11) is -5.03. The van der Waals surface area contributed by atoms with Crippen LogP contribution in [-0.2, 0) is 10.5 Å². The van der Waals surface area contributed by atoms with E-state index in [4.69, 9.17) is 0 Å². The van der Waals surface area contributed by atoms with E-state index >= 15 is 0 Å². The van der Waals surface area contributed by atoms with Gasteiger partial charge in [0.25, 0.3) is 0 Å². The zero-order chi connectivity index (χ0) is 12.5. The van der Waals surface area contributed by atoms with Gasteiger partial charge in [-0.1, -0.05) is 16.0 Å². The zero-order valence-corrected chi connectivity index (χ0v) is 12.5. The summed E-state index contributed by atoms with van der Waals surface area (Å²) >= 11 is 1.42. The molecule has 2 rings (SSSR count). The molecule has 1 heterocycles. The summed E-state index contributed by atoms with van der Waals surface area (Å²) in [5.74, 6) is -0.0692. The lowest BCUT2D eigenvalue weighted by Gasteiger charge is -2.05. The summed E-state index contributed by atoms with van der Waals surface area (Å²) in [6, 6.07) is 6.25. The van der Waals surface area contributed by atoms with E-state index in [0.29, 0.717) is 11.3 Å². The highest BCUT2D eigenvalue weighted by molar-refractivity contribution is 8.93. The standard InChI is InChI=1S/C10H8FNO3S2.BrH/c1-7-12-9(6-16-7)8-4-2-3-5-10(8)15-17(11,13)14;/h2-6H,1H3;1H. The number of rotatable bonds is 3. The Hall–Kier alpha value is -0.990. The van der Waals surface area contributed by atoms with Crippen molar-refractivity contribution in [2.75, 3.05) is 0 Å². The Morgan fingerprint density at radius 2 is 2.00 bits per heavy atom. The van der Waals surface area contributed by atoms with Gasteiger partial charge in [-0.15, -0.1) is 28.3 Å². The molecule has 2 aromatic rings. The first-order valence-corrected chi connectivity index (χ1v) is 6.80. The Kier molecular flexibility index (Phi) is 4.83. The third-order valence-corrected chi connectivity index (χ3v) is 3.12. The average Bonchev–Trinajstić information content (AvgIpc) is 2.63. The van der Waals surface area contributed by atoms with Crippen molar-refractivity contribution in [1.82, 2.24) is 4.98 Å². The number of thiazole rings is 1. The van der Waals surface area contributed by atoms with Gasteiger partial charge in [0.1, 0.15) is 0 Å². The molecule has 0 N–H and O–H groups in total. The molecular formula is C10H9BrFNO3S2. The smallest absolute Gasteiger partial charge is 0.358 e. The van der Waals surface area contributed by atoms with Gasteiger partial charge in [-0.05, 0) is 19.1 Å². The van der Waals surface area contributed by atoms with Crippen LogP contribution in [-0.4, -0.2) is 13.4 Å². The quantitative estimate of drug-likeness (QED) is 0.794. The van der Waals surface area contributed by atoms with Crippen LogP contribution < -0.4 is 4.18 Å². The maximum absolute atomic E-state index is 12.5. The van der Waals surface area contributed by atoms with Crippen molar-refractivity contribution in [3.63, 3.8) is 0 Å². The molecule has 0 aliphatic heterocycles. The number of hydrogen-bond acceptors (Lipinski definition) is 5. The summed E-state index contributed by atoms with van der Waals surface area (Å²) in [6.45, 7) is 1.82. The van der Waals surface area contributed by atoms with Crippen LogP contribution in [0.15, 0.2) is 29.6 Å². The molecule has 0 fully saturated rings. The van der Waals surface area contributed by atoms with E-state index in [9.17, 15) is 12.3 Å². The van der Waals surface area contributed by atoms with Gasteiger partial charge < -0.3 is 4.18 Å². The molecule has 0 spiro atoms. The molecule has 8 heteroatoms. The first-order chi connectivity index (χ1) is 7.96. The predicted molar refractivity (Wildman–Crippen MR) is 73.3 cm³/mol. The molecule has 0 unspecified atom stereocenters. The molecule has 0 radical (unpaired) electrons. The molecule has 0 amide bonds. The van der Waals surface area contributed by atoms with Gasteiger partial charge in [0, 0.05) is 10.9 Å². The van der Waals surface area contributed by atoms with Crippen LogP contribution >= 0.6 is 28.3 Å². The van der Waals surface area contributed by atoms with E-state index in [1.165, 1.54) is 17.4 Å². The molecule has 0 aliphatic rings. The van der Waals surface area contributed by atoms with Gasteiger partial charge in [0.05, 0.1) is 10.7 Å². The number of nitrogens with zero attached hydrogens (tertiary/aromatic N) is 1.